The highest BCUT2D eigenvalue weighted by Crippen LogP contribution is 2.30. The van der Waals surface area contributed by atoms with Gasteiger partial charge in [0.05, 0.1) is 23.7 Å². The molecule has 1 unspecified atom stereocenters. The number of nitrogens with one attached hydrogen (secondary N) is 1. The van der Waals surface area contributed by atoms with Gasteiger partial charge in [0.1, 0.15) is 22.4 Å². The van der Waals surface area contributed by atoms with Gasteiger partial charge in [0, 0.05) is 16.0 Å². The zero-order chi connectivity index (χ0) is 24.6. The molecule has 0 spiro atoms. The molecule has 0 radical (unpaired) electrons. The molecule has 8 nitrogen and oxygen atoms in total. The predicted molar refractivity (Wildman–Crippen MR) is 132 cm³/mol. The number of thiophene rings is 1. The van der Waals surface area contributed by atoms with E-state index in [4.69, 9.17) is 16.3 Å². The molecule has 4 rings (SSSR count). The van der Waals surface area contributed by atoms with E-state index < -0.39 is 23.5 Å². The third-order valence-electron chi connectivity index (χ3n) is 5.33. The van der Waals surface area contributed by atoms with Gasteiger partial charge in [-0.3, -0.25) is 14.2 Å². The number of rotatable bonds is 6. The summed E-state index contributed by atoms with van der Waals surface area (Å²) in [6, 6.07) is 11.1. The minimum absolute atomic E-state index is 0.0334. The fourth-order valence-corrected chi connectivity index (χ4v) is 4.71. The Hall–Kier alpha value is -3.69. The number of fused-ring (bicyclic) bond motifs is 1. The molecule has 0 saturated carbocycles. The van der Waals surface area contributed by atoms with E-state index >= 15 is 0 Å². The van der Waals surface area contributed by atoms with Crippen molar-refractivity contribution >= 4 is 50.7 Å². The first kappa shape index (κ1) is 23.5. The quantitative estimate of drug-likeness (QED) is 0.388. The van der Waals surface area contributed by atoms with Crippen LogP contribution in [0.4, 0.5) is 5.69 Å². The third kappa shape index (κ3) is 4.27. The average molecular weight is 498 g/mol. The summed E-state index contributed by atoms with van der Waals surface area (Å²) in [5, 5.41) is 14.1. The van der Waals surface area contributed by atoms with Crippen LogP contribution < -0.4 is 15.6 Å². The molecule has 2 heterocycles. The largest absolute Gasteiger partial charge is 0.495 e. The van der Waals surface area contributed by atoms with Crippen LogP contribution in [0, 0.1) is 6.92 Å². The van der Waals surface area contributed by atoms with Crippen molar-refractivity contribution in [3.63, 3.8) is 0 Å². The second-order valence-corrected chi connectivity index (χ2v) is 8.92. The molecule has 0 aliphatic heterocycles. The number of anilines is 1. The second-order valence-electron chi connectivity index (χ2n) is 7.62. The standard InChI is InChI=1S/C24H20ClN3O5S/c1-12-5-4-6-14(9-12)20-27-22-19(16(11-34-22)24(31)32)23(30)28(20)13(2)21(29)26-17-10-15(25)7-8-18(17)33-3/h4-11,13H,1-3H3,(H,26,29)(H,31,32). The maximum absolute atomic E-state index is 13.6. The number of methoxy groups -OCH3 is 1. The lowest BCUT2D eigenvalue weighted by atomic mass is 10.1. The van der Waals surface area contributed by atoms with E-state index in [1.807, 2.05) is 25.1 Å². The Balaban J connectivity index is 1.89. The van der Waals surface area contributed by atoms with Crippen molar-refractivity contribution in [1.82, 2.24) is 9.55 Å². The van der Waals surface area contributed by atoms with Gasteiger partial charge in [0.2, 0.25) is 5.91 Å². The van der Waals surface area contributed by atoms with Gasteiger partial charge in [-0.1, -0.05) is 35.4 Å². The van der Waals surface area contributed by atoms with Gasteiger partial charge in [-0.05, 0) is 38.1 Å². The Morgan fingerprint density at radius 3 is 2.68 bits per heavy atom. The number of benzene rings is 2. The Morgan fingerprint density at radius 1 is 1.24 bits per heavy atom. The van der Waals surface area contributed by atoms with E-state index in [-0.39, 0.29) is 16.8 Å². The van der Waals surface area contributed by atoms with E-state index in [1.165, 1.54) is 23.1 Å². The van der Waals surface area contributed by atoms with Crippen molar-refractivity contribution in [3.05, 3.63) is 74.3 Å². The van der Waals surface area contributed by atoms with Crippen molar-refractivity contribution in [2.24, 2.45) is 0 Å². The van der Waals surface area contributed by atoms with Gasteiger partial charge < -0.3 is 15.2 Å². The monoisotopic (exact) mass is 497 g/mol. The smallest absolute Gasteiger partial charge is 0.337 e. The number of aryl methyl sites for hydroxylation is 1. The van der Waals surface area contributed by atoms with Crippen molar-refractivity contribution in [1.29, 1.82) is 0 Å². The third-order valence-corrected chi connectivity index (χ3v) is 6.44. The molecule has 0 aliphatic rings. The fourth-order valence-electron chi connectivity index (χ4n) is 3.64. The van der Waals surface area contributed by atoms with Gasteiger partial charge in [0.25, 0.3) is 5.56 Å². The van der Waals surface area contributed by atoms with Crippen molar-refractivity contribution in [2.75, 3.05) is 12.4 Å². The molecule has 1 atom stereocenters. The Bertz CT molecular complexity index is 1490. The zero-order valence-electron chi connectivity index (χ0n) is 18.5. The van der Waals surface area contributed by atoms with E-state index in [9.17, 15) is 19.5 Å². The first-order valence-corrected chi connectivity index (χ1v) is 11.5. The van der Waals surface area contributed by atoms with Gasteiger partial charge >= 0.3 is 5.97 Å². The second kappa shape index (κ2) is 9.28. The molecule has 0 fully saturated rings. The minimum atomic E-state index is -1.24. The number of amides is 1. The lowest BCUT2D eigenvalue weighted by Gasteiger charge is -2.20. The minimum Gasteiger partial charge on any atom is -0.495 e. The fraction of sp³-hybridized carbons (Fsp3) is 0.167. The summed E-state index contributed by atoms with van der Waals surface area (Å²) in [5.41, 5.74) is 1.15. The number of ether oxygens (including phenoxy) is 1. The molecular formula is C24H20ClN3O5S. The molecule has 1 amide bonds. The van der Waals surface area contributed by atoms with Crippen molar-refractivity contribution in [2.45, 2.75) is 19.9 Å². The molecule has 2 aromatic carbocycles. The first-order valence-electron chi connectivity index (χ1n) is 10.2. The topological polar surface area (TPSA) is 111 Å². The number of carboxylic acids is 1. The average Bonchev–Trinajstić information content (AvgIpc) is 3.23. The molecule has 34 heavy (non-hydrogen) atoms. The number of halogens is 1. The van der Waals surface area contributed by atoms with Crippen LogP contribution in [0.1, 0.15) is 28.9 Å². The number of aromatic nitrogens is 2. The number of carbonyl (C=O) groups is 2. The summed E-state index contributed by atoms with van der Waals surface area (Å²) in [5.74, 6) is -1.10. The van der Waals surface area contributed by atoms with Crippen LogP contribution in [0.25, 0.3) is 21.6 Å². The van der Waals surface area contributed by atoms with E-state index in [1.54, 1.807) is 25.1 Å². The number of carbonyl (C=O) groups excluding carboxylic acids is 1. The Labute approximate surface area is 203 Å². The summed E-state index contributed by atoms with van der Waals surface area (Å²) >= 11 is 7.14. The van der Waals surface area contributed by atoms with Crippen LogP contribution in [-0.2, 0) is 4.79 Å². The molecule has 174 valence electrons. The number of nitrogens with zero attached hydrogens (tertiary/aromatic N) is 2. The molecule has 4 aromatic rings. The highest BCUT2D eigenvalue weighted by Gasteiger charge is 2.26. The van der Waals surface area contributed by atoms with Gasteiger partial charge in [-0.15, -0.1) is 11.3 Å². The molecule has 0 aliphatic carbocycles. The number of carboxylic acid groups (broad SMARTS) is 1. The zero-order valence-corrected chi connectivity index (χ0v) is 20.0. The van der Waals surface area contributed by atoms with Crippen LogP contribution in [0.5, 0.6) is 5.75 Å². The summed E-state index contributed by atoms with van der Waals surface area (Å²) in [6.07, 6.45) is 0. The molecule has 2 N–H and O–H groups in total. The summed E-state index contributed by atoms with van der Waals surface area (Å²) in [7, 11) is 1.46. The van der Waals surface area contributed by atoms with Crippen molar-refractivity contribution in [3.8, 4) is 17.1 Å². The Morgan fingerprint density at radius 2 is 2.00 bits per heavy atom. The number of aromatic carboxylic acids is 1. The van der Waals surface area contributed by atoms with E-state index in [0.717, 1.165) is 16.9 Å². The highest BCUT2D eigenvalue weighted by atomic mass is 35.5. The maximum Gasteiger partial charge on any atom is 0.337 e. The van der Waals surface area contributed by atoms with Gasteiger partial charge in [0.15, 0.2) is 0 Å². The predicted octanol–water partition coefficient (Wildman–Crippen LogP) is 4.99. The lowest BCUT2D eigenvalue weighted by molar-refractivity contribution is -0.118. The lowest BCUT2D eigenvalue weighted by Crippen LogP contribution is -2.33. The van der Waals surface area contributed by atoms with Gasteiger partial charge in [-0.25, -0.2) is 9.78 Å². The van der Waals surface area contributed by atoms with Crippen LogP contribution in [-0.4, -0.2) is 33.6 Å². The molecule has 0 saturated heterocycles. The normalized spacial score (nSPS) is 11.9. The van der Waals surface area contributed by atoms with E-state index in [0.29, 0.717) is 26.9 Å². The summed E-state index contributed by atoms with van der Waals surface area (Å²) in [4.78, 5) is 43.5. The molecule has 0 bridgehead atoms. The summed E-state index contributed by atoms with van der Waals surface area (Å²) < 4.78 is 6.51. The van der Waals surface area contributed by atoms with Gasteiger partial charge in [-0.2, -0.15) is 0 Å². The number of hydrogen-bond acceptors (Lipinski definition) is 6. The first-order chi connectivity index (χ1) is 16.2. The van der Waals surface area contributed by atoms with Crippen LogP contribution in [0.15, 0.2) is 52.6 Å². The van der Waals surface area contributed by atoms with Crippen LogP contribution >= 0.6 is 22.9 Å². The maximum atomic E-state index is 13.6. The SMILES string of the molecule is COc1ccc(Cl)cc1NC(=O)C(C)n1c(-c2cccc(C)c2)nc2scc(C(=O)O)c2c1=O. The van der Waals surface area contributed by atoms with Crippen LogP contribution in [0.2, 0.25) is 5.02 Å². The molecular weight excluding hydrogens is 478 g/mol. The molecule has 10 heteroatoms. The van der Waals surface area contributed by atoms with E-state index in [2.05, 4.69) is 10.3 Å². The van der Waals surface area contributed by atoms with Crippen LogP contribution in [0.3, 0.4) is 0 Å². The highest BCUT2D eigenvalue weighted by molar-refractivity contribution is 7.17. The van der Waals surface area contributed by atoms with Crippen molar-refractivity contribution < 1.29 is 19.4 Å². The summed E-state index contributed by atoms with van der Waals surface area (Å²) in [6.45, 7) is 3.45. The number of hydrogen-bond donors (Lipinski definition) is 2. The Kier molecular flexibility index (Phi) is 6.41. The molecule has 2 aromatic heterocycles.